The Bertz CT molecular complexity index is 1350. The van der Waals surface area contributed by atoms with Gasteiger partial charge in [0.05, 0.1) is 16.9 Å². The van der Waals surface area contributed by atoms with E-state index in [1.165, 1.54) is 34.1 Å². The third kappa shape index (κ3) is 3.50. The van der Waals surface area contributed by atoms with Crippen LogP contribution >= 0.6 is 11.3 Å². The maximum atomic E-state index is 13.8. The van der Waals surface area contributed by atoms with Crippen LogP contribution in [0.2, 0.25) is 0 Å². The molecular formula is C21H16FN3O3S. The molecule has 6 nitrogen and oxygen atoms in total. The van der Waals surface area contributed by atoms with Crippen molar-refractivity contribution in [2.75, 3.05) is 5.32 Å². The highest BCUT2D eigenvalue weighted by Gasteiger charge is 2.18. The quantitative estimate of drug-likeness (QED) is 0.562. The summed E-state index contributed by atoms with van der Waals surface area (Å²) in [5.41, 5.74) is 0.658. The molecule has 0 bridgehead atoms. The molecule has 0 saturated carbocycles. The average Bonchev–Trinajstić information content (AvgIpc) is 3.17. The summed E-state index contributed by atoms with van der Waals surface area (Å²) in [4.78, 5) is 38.6. The fraction of sp³-hybridized carbons (Fsp3) is 0.0952. The minimum atomic E-state index is -0.629. The van der Waals surface area contributed by atoms with Crippen molar-refractivity contribution in [2.45, 2.75) is 13.5 Å². The lowest BCUT2D eigenvalue weighted by molar-refractivity contribution is -0.116. The first-order chi connectivity index (χ1) is 14.0. The van der Waals surface area contributed by atoms with Gasteiger partial charge in [0.2, 0.25) is 5.91 Å². The van der Waals surface area contributed by atoms with Crippen molar-refractivity contribution in [3.8, 4) is 5.69 Å². The van der Waals surface area contributed by atoms with Crippen LogP contribution in [-0.2, 0) is 11.3 Å². The molecule has 4 rings (SSSR count). The largest absolute Gasteiger partial charge is 0.336 e. The summed E-state index contributed by atoms with van der Waals surface area (Å²) in [5.74, 6) is -1.14. The van der Waals surface area contributed by atoms with Crippen LogP contribution in [0.1, 0.15) is 5.56 Å². The number of thiophene rings is 1. The molecule has 0 saturated heterocycles. The van der Waals surface area contributed by atoms with Crippen molar-refractivity contribution in [2.24, 2.45) is 0 Å². The molecule has 0 aliphatic heterocycles. The van der Waals surface area contributed by atoms with Gasteiger partial charge in [-0.05, 0) is 48.2 Å². The number of carbonyl (C=O) groups excluding carboxylic acids is 1. The van der Waals surface area contributed by atoms with Crippen molar-refractivity contribution in [1.29, 1.82) is 0 Å². The molecule has 29 heavy (non-hydrogen) atoms. The molecule has 1 N–H and O–H groups in total. The Labute approximate surface area is 168 Å². The lowest BCUT2D eigenvalue weighted by Gasteiger charge is -2.13. The highest BCUT2D eigenvalue weighted by molar-refractivity contribution is 7.17. The molecule has 0 atom stereocenters. The molecular weight excluding hydrogens is 393 g/mol. The van der Waals surface area contributed by atoms with E-state index in [-0.39, 0.29) is 12.2 Å². The number of halogens is 1. The van der Waals surface area contributed by atoms with Crippen molar-refractivity contribution in [3.63, 3.8) is 0 Å². The monoisotopic (exact) mass is 409 g/mol. The van der Waals surface area contributed by atoms with E-state index in [4.69, 9.17) is 0 Å². The fourth-order valence-corrected chi connectivity index (χ4v) is 3.95. The number of aryl methyl sites for hydroxylation is 1. The summed E-state index contributed by atoms with van der Waals surface area (Å²) in [6.45, 7) is 1.51. The topological polar surface area (TPSA) is 73.1 Å². The van der Waals surface area contributed by atoms with Crippen LogP contribution in [0, 0.1) is 12.7 Å². The Kier molecular flexibility index (Phi) is 4.85. The van der Waals surface area contributed by atoms with Gasteiger partial charge in [-0.1, -0.05) is 24.3 Å². The van der Waals surface area contributed by atoms with E-state index in [0.29, 0.717) is 15.9 Å². The number of aromatic nitrogens is 2. The highest BCUT2D eigenvalue weighted by atomic mass is 32.1. The molecule has 8 heteroatoms. The fourth-order valence-electron chi connectivity index (χ4n) is 3.13. The lowest BCUT2D eigenvalue weighted by Crippen LogP contribution is -2.40. The zero-order valence-corrected chi connectivity index (χ0v) is 16.2. The van der Waals surface area contributed by atoms with Crippen molar-refractivity contribution >= 4 is 33.1 Å². The molecule has 0 unspecified atom stereocenters. The van der Waals surface area contributed by atoms with Crippen LogP contribution in [0.5, 0.6) is 0 Å². The van der Waals surface area contributed by atoms with Gasteiger partial charge in [0.25, 0.3) is 5.56 Å². The maximum absolute atomic E-state index is 13.8. The third-order valence-corrected chi connectivity index (χ3v) is 5.36. The smallest absolute Gasteiger partial charge is 0.322 e. The Balaban J connectivity index is 1.81. The van der Waals surface area contributed by atoms with Crippen LogP contribution in [0.4, 0.5) is 10.1 Å². The lowest BCUT2D eigenvalue weighted by atomic mass is 10.2. The van der Waals surface area contributed by atoms with Gasteiger partial charge >= 0.3 is 5.69 Å². The SMILES string of the molecule is Cc1cccc(-n2c(=O)c3sccc3n(CC(=O)Nc3ccccc3F)c2=O)c1. The molecule has 0 aliphatic rings. The van der Waals surface area contributed by atoms with E-state index < -0.39 is 23.0 Å². The van der Waals surface area contributed by atoms with E-state index in [1.807, 2.05) is 13.0 Å². The van der Waals surface area contributed by atoms with Crippen LogP contribution in [0.15, 0.2) is 69.6 Å². The first-order valence-electron chi connectivity index (χ1n) is 8.80. The zero-order chi connectivity index (χ0) is 20.5. The number of amides is 1. The van der Waals surface area contributed by atoms with Crippen molar-refractivity contribution < 1.29 is 9.18 Å². The minimum Gasteiger partial charge on any atom is -0.322 e. The second-order valence-corrected chi connectivity index (χ2v) is 7.43. The first-order valence-corrected chi connectivity index (χ1v) is 9.68. The molecule has 0 aliphatic carbocycles. The number of rotatable bonds is 4. The van der Waals surface area contributed by atoms with Gasteiger partial charge in [0, 0.05) is 0 Å². The summed E-state index contributed by atoms with van der Waals surface area (Å²) < 4.78 is 16.5. The Morgan fingerprint density at radius 2 is 1.90 bits per heavy atom. The van der Waals surface area contributed by atoms with E-state index in [2.05, 4.69) is 5.32 Å². The third-order valence-electron chi connectivity index (χ3n) is 4.46. The van der Waals surface area contributed by atoms with E-state index in [9.17, 15) is 18.8 Å². The van der Waals surface area contributed by atoms with E-state index >= 15 is 0 Å². The number of benzene rings is 2. The van der Waals surface area contributed by atoms with Crippen LogP contribution in [-0.4, -0.2) is 15.0 Å². The number of nitrogens with zero attached hydrogens (tertiary/aromatic N) is 2. The summed E-state index contributed by atoms with van der Waals surface area (Å²) in [7, 11) is 0. The molecule has 0 fully saturated rings. The van der Waals surface area contributed by atoms with E-state index in [1.54, 1.807) is 35.7 Å². The Morgan fingerprint density at radius 3 is 2.66 bits per heavy atom. The predicted molar refractivity (Wildman–Crippen MR) is 111 cm³/mol. The number of anilines is 1. The van der Waals surface area contributed by atoms with Gasteiger partial charge in [0.15, 0.2) is 0 Å². The molecule has 0 radical (unpaired) electrons. The van der Waals surface area contributed by atoms with Crippen molar-refractivity contribution in [1.82, 2.24) is 9.13 Å². The standard InChI is InChI=1S/C21H16FN3O3S/c1-13-5-4-6-14(11-13)25-20(27)19-17(9-10-29-19)24(21(25)28)12-18(26)23-16-8-3-2-7-15(16)22/h2-11H,12H2,1H3,(H,23,26). The van der Waals surface area contributed by atoms with Gasteiger partial charge < -0.3 is 5.32 Å². The summed E-state index contributed by atoms with van der Waals surface area (Å²) >= 11 is 1.20. The average molecular weight is 409 g/mol. The number of nitrogens with one attached hydrogen (secondary N) is 1. The second kappa shape index (κ2) is 7.48. The number of para-hydroxylation sites is 1. The van der Waals surface area contributed by atoms with Gasteiger partial charge in [-0.15, -0.1) is 11.3 Å². The van der Waals surface area contributed by atoms with Gasteiger partial charge in [0.1, 0.15) is 17.1 Å². The number of fused-ring (bicyclic) bond motifs is 1. The minimum absolute atomic E-state index is 0.0270. The molecule has 146 valence electrons. The molecule has 4 aromatic rings. The second-order valence-electron chi connectivity index (χ2n) is 6.51. The number of carbonyl (C=O) groups is 1. The molecule has 2 aromatic heterocycles. The first kappa shape index (κ1) is 18.8. The van der Waals surface area contributed by atoms with Gasteiger partial charge in [-0.25, -0.2) is 13.8 Å². The van der Waals surface area contributed by atoms with Gasteiger partial charge in [-0.2, -0.15) is 0 Å². The van der Waals surface area contributed by atoms with Gasteiger partial charge in [-0.3, -0.25) is 14.2 Å². The van der Waals surface area contributed by atoms with Crippen LogP contribution < -0.4 is 16.6 Å². The normalized spacial score (nSPS) is 11.0. The molecule has 2 heterocycles. The molecule has 0 spiro atoms. The number of hydrogen-bond donors (Lipinski definition) is 1. The molecule has 1 amide bonds. The number of hydrogen-bond acceptors (Lipinski definition) is 4. The van der Waals surface area contributed by atoms with Crippen molar-refractivity contribution in [3.05, 3.63) is 92.2 Å². The zero-order valence-electron chi connectivity index (χ0n) is 15.4. The Morgan fingerprint density at radius 1 is 1.10 bits per heavy atom. The Hall–Kier alpha value is -3.52. The summed E-state index contributed by atoms with van der Waals surface area (Å²) in [6.07, 6.45) is 0. The molecule has 2 aromatic carbocycles. The summed E-state index contributed by atoms with van der Waals surface area (Å²) in [6, 6.07) is 14.4. The summed E-state index contributed by atoms with van der Waals surface area (Å²) in [5, 5.41) is 4.16. The van der Waals surface area contributed by atoms with Crippen LogP contribution in [0.3, 0.4) is 0 Å². The van der Waals surface area contributed by atoms with E-state index in [0.717, 1.165) is 10.1 Å². The van der Waals surface area contributed by atoms with Crippen LogP contribution in [0.25, 0.3) is 15.9 Å². The highest BCUT2D eigenvalue weighted by Crippen LogP contribution is 2.17. The maximum Gasteiger partial charge on any atom is 0.336 e. The predicted octanol–water partition coefficient (Wildman–Crippen LogP) is 3.30.